The molecular formula is C23H33N3O2S. The lowest BCUT2D eigenvalue weighted by Gasteiger charge is -2.30. The molecule has 0 fully saturated rings. The van der Waals surface area contributed by atoms with Gasteiger partial charge in [0.2, 0.25) is 5.91 Å². The summed E-state index contributed by atoms with van der Waals surface area (Å²) in [4.78, 5) is 28.3. The Balaban J connectivity index is 1.79. The lowest BCUT2D eigenvalue weighted by Crippen LogP contribution is -2.42. The molecular weight excluding hydrogens is 382 g/mol. The first-order valence-electron chi connectivity index (χ1n) is 10.3. The van der Waals surface area contributed by atoms with Crippen molar-refractivity contribution >= 4 is 28.8 Å². The second-order valence-corrected chi connectivity index (χ2v) is 8.78. The van der Waals surface area contributed by atoms with Crippen molar-refractivity contribution in [2.24, 2.45) is 0 Å². The Morgan fingerprint density at radius 2 is 1.83 bits per heavy atom. The number of aryl methyl sites for hydroxylation is 1. The number of nitrogens with zero attached hydrogens (tertiary/aromatic N) is 1. The molecule has 6 heteroatoms. The average molecular weight is 416 g/mol. The number of carbonyl (C=O) groups excluding carboxylic acids is 2. The molecule has 0 aliphatic carbocycles. The summed E-state index contributed by atoms with van der Waals surface area (Å²) in [6, 6.07) is 12.1. The second-order valence-electron chi connectivity index (χ2n) is 7.74. The SMILES string of the molecule is CC(C)N(CCNC(=O)c1cccc(NC(=O)CCCc2cccs2)c1)C(C)C. The monoisotopic (exact) mass is 415 g/mol. The number of thiophene rings is 1. The van der Waals surface area contributed by atoms with Crippen molar-refractivity contribution in [3.63, 3.8) is 0 Å². The Morgan fingerprint density at radius 1 is 1.07 bits per heavy atom. The molecule has 0 atom stereocenters. The highest BCUT2D eigenvalue weighted by Gasteiger charge is 2.14. The molecule has 1 aromatic heterocycles. The van der Waals surface area contributed by atoms with Crippen LogP contribution >= 0.6 is 11.3 Å². The van der Waals surface area contributed by atoms with Crippen LogP contribution in [0.4, 0.5) is 5.69 Å². The number of carbonyl (C=O) groups is 2. The molecule has 0 aliphatic heterocycles. The van der Waals surface area contributed by atoms with E-state index < -0.39 is 0 Å². The van der Waals surface area contributed by atoms with E-state index in [4.69, 9.17) is 0 Å². The minimum absolute atomic E-state index is 0.0244. The van der Waals surface area contributed by atoms with Crippen molar-refractivity contribution in [1.29, 1.82) is 0 Å². The molecule has 2 aromatic rings. The van der Waals surface area contributed by atoms with Crippen LogP contribution in [0.5, 0.6) is 0 Å². The fourth-order valence-corrected chi connectivity index (χ4v) is 4.10. The molecule has 0 bridgehead atoms. The van der Waals surface area contributed by atoms with Crippen molar-refractivity contribution in [2.75, 3.05) is 18.4 Å². The summed E-state index contributed by atoms with van der Waals surface area (Å²) in [5, 5.41) is 7.93. The first kappa shape index (κ1) is 23.1. The first-order chi connectivity index (χ1) is 13.9. The molecule has 5 nitrogen and oxygen atoms in total. The van der Waals surface area contributed by atoms with Crippen LogP contribution in [0.3, 0.4) is 0 Å². The molecule has 158 valence electrons. The average Bonchev–Trinajstić information content (AvgIpc) is 3.18. The first-order valence-corrected chi connectivity index (χ1v) is 11.2. The van der Waals surface area contributed by atoms with Gasteiger partial charge < -0.3 is 10.6 Å². The molecule has 0 aliphatic rings. The summed E-state index contributed by atoms with van der Waals surface area (Å²) in [6.45, 7) is 10.0. The fourth-order valence-electron chi connectivity index (χ4n) is 3.35. The van der Waals surface area contributed by atoms with Crippen molar-refractivity contribution in [3.05, 3.63) is 52.2 Å². The zero-order valence-corrected chi connectivity index (χ0v) is 18.7. The van der Waals surface area contributed by atoms with Gasteiger partial charge in [-0.3, -0.25) is 14.5 Å². The van der Waals surface area contributed by atoms with E-state index in [2.05, 4.69) is 54.7 Å². The summed E-state index contributed by atoms with van der Waals surface area (Å²) < 4.78 is 0. The Morgan fingerprint density at radius 3 is 2.48 bits per heavy atom. The van der Waals surface area contributed by atoms with Crippen LogP contribution in [-0.2, 0) is 11.2 Å². The third-order valence-corrected chi connectivity index (χ3v) is 5.73. The maximum absolute atomic E-state index is 12.5. The van der Waals surface area contributed by atoms with Gasteiger partial charge in [0.1, 0.15) is 0 Å². The second kappa shape index (κ2) is 11.7. The summed E-state index contributed by atoms with van der Waals surface area (Å²) in [7, 11) is 0. The van der Waals surface area contributed by atoms with E-state index in [1.165, 1.54) is 4.88 Å². The molecule has 1 aromatic carbocycles. The zero-order valence-electron chi connectivity index (χ0n) is 17.9. The maximum atomic E-state index is 12.5. The van der Waals surface area contributed by atoms with Gasteiger partial charge in [-0.25, -0.2) is 0 Å². The summed E-state index contributed by atoms with van der Waals surface area (Å²) in [6.07, 6.45) is 2.20. The largest absolute Gasteiger partial charge is 0.351 e. The molecule has 0 saturated heterocycles. The normalized spacial score (nSPS) is 11.3. The number of amides is 2. The minimum atomic E-state index is -0.119. The number of rotatable bonds is 11. The predicted octanol–water partition coefficient (Wildman–Crippen LogP) is 4.56. The van der Waals surface area contributed by atoms with E-state index in [0.717, 1.165) is 19.4 Å². The van der Waals surface area contributed by atoms with E-state index >= 15 is 0 Å². The lowest BCUT2D eigenvalue weighted by molar-refractivity contribution is -0.116. The lowest BCUT2D eigenvalue weighted by atomic mass is 10.1. The van der Waals surface area contributed by atoms with E-state index in [-0.39, 0.29) is 11.8 Å². The number of nitrogens with one attached hydrogen (secondary N) is 2. The van der Waals surface area contributed by atoms with Crippen LogP contribution in [0.25, 0.3) is 0 Å². The number of hydrogen-bond acceptors (Lipinski definition) is 4. The van der Waals surface area contributed by atoms with E-state index in [1.807, 2.05) is 12.1 Å². The Bertz CT molecular complexity index is 764. The minimum Gasteiger partial charge on any atom is -0.351 e. The molecule has 0 unspecified atom stereocenters. The Kier molecular flexibility index (Phi) is 9.35. The summed E-state index contributed by atoms with van der Waals surface area (Å²) >= 11 is 1.72. The van der Waals surface area contributed by atoms with Gasteiger partial charge in [-0.05, 0) is 70.2 Å². The topological polar surface area (TPSA) is 61.4 Å². The standard InChI is InChI=1S/C23H33N3O2S/c1-17(2)26(18(3)4)14-13-24-23(28)19-8-5-9-20(16-19)25-22(27)12-6-10-21-11-7-15-29-21/h5,7-9,11,15-18H,6,10,12-14H2,1-4H3,(H,24,28)(H,25,27). The van der Waals surface area contributed by atoms with Crippen molar-refractivity contribution in [3.8, 4) is 0 Å². The Labute approximate surface area is 178 Å². The molecule has 2 rings (SSSR count). The van der Waals surface area contributed by atoms with Crippen LogP contribution < -0.4 is 10.6 Å². The fraction of sp³-hybridized carbons (Fsp3) is 0.478. The highest BCUT2D eigenvalue weighted by molar-refractivity contribution is 7.09. The van der Waals surface area contributed by atoms with Gasteiger partial charge in [0.05, 0.1) is 0 Å². The summed E-state index contributed by atoms with van der Waals surface area (Å²) in [5.41, 5.74) is 1.21. The van der Waals surface area contributed by atoms with E-state index in [1.54, 1.807) is 29.5 Å². The molecule has 2 amide bonds. The van der Waals surface area contributed by atoms with Crippen molar-refractivity contribution in [2.45, 2.75) is 59.0 Å². The van der Waals surface area contributed by atoms with Crippen LogP contribution in [0.1, 0.15) is 55.8 Å². The van der Waals surface area contributed by atoms with Gasteiger partial charge in [0.15, 0.2) is 0 Å². The maximum Gasteiger partial charge on any atom is 0.251 e. The quantitative estimate of drug-likeness (QED) is 0.566. The number of benzene rings is 1. The third kappa shape index (κ3) is 7.99. The Hall–Kier alpha value is -2.18. The smallest absolute Gasteiger partial charge is 0.251 e. The third-order valence-electron chi connectivity index (χ3n) is 4.80. The molecule has 2 N–H and O–H groups in total. The van der Waals surface area contributed by atoms with Crippen molar-refractivity contribution in [1.82, 2.24) is 10.2 Å². The van der Waals surface area contributed by atoms with Gasteiger partial charge in [-0.1, -0.05) is 12.1 Å². The van der Waals surface area contributed by atoms with Gasteiger partial charge in [0.25, 0.3) is 5.91 Å². The van der Waals surface area contributed by atoms with Gasteiger partial charge >= 0.3 is 0 Å². The molecule has 0 radical (unpaired) electrons. The van der Waals surface area contributed by atoms with Gasteiger partial charge in [-0.15, -0.1) is 11.3 Å². The van der Waals surface area contributed by atoms with Crippen LogP contribution in [0.2, 0.25) is 0 Å². The number of hydrogen-bond donors (Lipinski definition) is 2. The zero-order chi connectivity index (χ0) is 21.2. The molecule has 0 spiro atoms. The van der Waals surface area contributed by atoms with Gasteiger partial charge in [0, 0.05) is 47.7 Å². The molecule has 29 heavy (non-hydrogen) atoms. The highest BCUT2D eigenvalue weighted by Crippen LogP contribution is 2.14. The highest BCUT2D eigenvalue weighted by atomic mass is 32.1. The number of anilines is 1. The van der Waals surface area contributed by atoms with Crippen LogP contribution in [0.15, 0.2) is 41.8 Å². The summed E-state index contributed by atoms with van der Waals surface area (Å²) in [5.74, 6) is -0.144. The van der Waals surface area contributed by atoms with Gasteiger partial charge in [-0.2, -0.15) is 0 Å². The molecule has 1 heterocycles. The predicted molar refractivity (Wildman–Crippen MR) is 122 cm³/mol. The van der Waals surface area contributed by atoms with E-state index in [9.17, 15) is 9.59 Å². The van der Waals surface area contributed by atoms with Crippen molar-refractivity contribution < 1.29 is 9.59 Å². The molecule has 0 saturated carbocycles. The van der Waals surface area contributed by atoms with Crippen LogP contribution in [0, 0.1) is 0 Å². The van der Waals surface area contributed by atoms with E-state index in [0.29, 0.717) is 36.3 Å². The van der Waals surface area contributed by atoms with Crippen LogP contribution in [-0.4, -0.2) is 41.9 Å².